The molecule has 0 radical (unpaired) electrons. The third-order valence-electron chi connectivity index (χ3n) is 5.36. The average molecular weight is 440 g/mol. The van der Waals surface area contributed by atoms with Crippen LogP contribution < -0.4 is 10.2 Å². The van der Waals surface area contributed by atoms with E-state index in [0.717, 1.165) is 43.6 Å². The van der Waals surface area contributed by atoms with Gasteiger partial charge in [-0.1, -0.05) is 29.8 Å². The number of pyridine rings is 1. The summed E-state index contributed by atoms with van der Waals surface area (Å²) in [7, 11) is 0. The van der Waals surface area contributed by atoms with Crippen molar-refractivity contribution < 1.29 is 14.0 Å². The molecule has 2 amide bonds. The Hall–Kier alpha value is -3.20. The van der Waals surface area contributed by atoms with Crippen molar-refractivity contribution >= 4 is 29.0 Å². The highest BCUT2D eigenvalue weighted by Crippen LogP contribution is 2.30. The number of hydrogen-bond acceptors (Lipinski definition) is 6. The molecule has 1 fully saturated rings. The third-order valence-corrected chi connectivity index (χ3v) is 5.87. The van der Waals surface area contributed by atoms with Crippen molar-refractivity contribution in [2.24, 2.45) is 0 Å². The summed E-state index contributed by atoms with van der Waals surface area (Å²) in [4.78, 5) is 32.3. The molecule has 1 N–H and O–H groups in total. The van der Waals surface area contributed by atoms with Crippen LogP contribution in [-0.4, -0.2) is 32.4 Å². The van der Waals surface area contributed by atoms with Crippen molar-refractivity contribution in [1.82, 2.24) is 19.9 Å². The summed E-state index contributed by atoms with van der Waals surface area (Å²) in [6, 6.07) is 8.04. The van der Waals surface area contributed by atoms with Gasteiger partial charge in [-0.15, -0.1) is 5.10 Å². The minimum absolute atomic E-state index is 0.0518. The van der Waals surface area contributed by atoms with Gasteiger partial charge in [-0.05, 0) is 60.3 Å². The lowest BCUT2D eigenvalue weighted by atomic mass is 9.94. The molecule has 2 aromatic heterocycles. The van der Waals surface area contributed by atoms with Gasteiger partial charge in [0, 0.05) is 29.5 Å². The number of aromatic nitrogens is 3. The molecule has 1 aromatic carbocycles. The van der Waals surface area contributed by atoms with Crippen LogP contribution in [0.4, 0.5) is 10.1 Å². The zero-order valence-corrected chi connectivity index (χ0v) is 17.6. The van der Waals surface area contributed by atoms with Crippen molar-refractivity contribution in [1.29, 1.82) is 0 Å². The number of nitrogens with one attached hydrogen (secondary N) is 1. The van der Waals surface area contributed by atoms with Crippen LogP contribution in [0, 0.1) is 5.82 Å². The normalized spacial score (nSPS) is 15.3. The molecule has 7 nitrogen and oxygen atoms in total. The Bertz CT molecular complexity index is 1030. The molecule has 0 unspecified atom stereocenters. The Balaban J connectivity index is 1.77. The van der Waals surface area contributed by atoms with E-state index >= 15 is 0 Å². The van der Waals surface area contributed by atoms with Crippen molar-refractivity contribution in [2.75, 3.05) is 4.90 Å². The van der Waals surface area contributed by atoms with E-state index < -0.39 is 17.8 Å². The van der Waals surface area contributed by atoms with Crippen LogP contribution in [0.3, 0.4) is 0 Å². The first kappa shape index (κ1) is 21.0. The van der Waals surface area contributed by atoms with Gasteiger partial charge < -0.3 is 5.32 Å². The summed E-state index contributed by atoms with van der Waals surface area (Å²) in [5.74, 6) is -1.35. The molecule has 0 bridgehead atoms. The van der Waals surface area contributed by atoms with Crippen LogP contribution in [0.25, 0.3) is 0 Å². The van der Waals surface area contributed by atoms with Crippen molar-refractivity contribution in [3.05, 3.63) is 71.2 Å². The van der Waals surface area contributed by atoms with E-state index in [1.807, 2.05) is 0 Å². The van der Waals surface area contributed by atoms with Gasteiger partial charge in [-0.3, -0.25) is 19.5 Å². The maximum absolute atomic E-state index is 14.1. The van der Waals surface area contributed by atoms with E-state index in [2.05, 4.69) is 19.9 Å². The topological polar surface area (TPSA) is 88.1 Å². The Morgan fingerprint density at radius 2 is 1.90 bits per heavy atom. The second-order valence-corrected chi connectivity index (χ2v) is 8.08. The predicted octanol–water partition coefficient (Wildman–Crippen LogP) is 3.91. The largest absolute Gasteiger partial charge is 0.351 e. The van der Waals surface area contributed by atoms with Gasteiger partial charge >= 0.3 is 0 Å². The van der Waals surface area contributed by atoms with E-state index in [1.165, 1.54) is 28.5 Å². The molecule has 3 aromatic rings. The molecule has 160 valence electrons. The number of carbonyl (C=O) groups is 2. The number of hydrogen-bond donors (Lipinski definition) is 1. The lowest BCUT2D eigenvalue weighted by Gasteiger charge is -2.33. The number of rotatable bonds is 6. The van der Waals surface area contributed by atoms with E-state index in [4.69, 9.17) is 0 Å². The highest BCUT2D eigenvalue weighted by molar-refractivity contribution is 7.03. The van der Waals surface area contributed by atoms with Crippen LogP contribution in [0.2, 0.25) is 0 Å². The van der Waals surface area contributed by atoms with Gasteiger partial charge in [-0.25, -0.2) is 4.39 Å². The predicted molar refractivity (Wildman–Crippen MR) is 115 cm³/mol. The van der Waals surface area contributed by atoms with Crippen molar-refractivity contribution in [2.45, 2.75) is 44.2 Å². The Morgan fingerprint density at radius 3 is 2.58 bits per heavy atom. The molecule has 2 heterocycles. The Kier molecular flexibility index (Phi) is 6.61. The average Bonchev–Trinajstić information content (AvgIpc) is 3.33. The summed E-state index contributed by atoms with van der Waals surface area (Å²) in [5, 5.41) is 8.49. The number of amides is 2. The van der Waals surface area contributed by atoms with Gasteiger partial charge in [0.15, 0.2) is 5.69 Å². The SMILES string of the molecule is O=C(NC1CCCCC1)[C@@H](c1ccncc1)N(C(=O)c1csnn1)c1cccc(F)c1. The fourth-order valence-corrected chi connectivity index (χ4v) is 4.31. The fourth-order valence-electron chi connectivity index (χ4n) is 3.88. The van der Waals surface area contributed by atoms with Gasteiger partial charge in [-0.2, -0.15) is 0 Å². The summed E-state index contributed by atoms with van der Waals surface area (Å²) in [6.45, 7) is 0. The second kappa shape index (κ2) is 9.74. The molecule has 31 heavy (non-hydrogen) atoms. The summed E-state index contributed by atoms with van der Waals surface area (Å²) in [5.41, 5.74) is 0.932. The van der Waals surface area contributed by atoms with E-state index in [-0.39, 0.29) is 23.3 Å². The summed E-state index contributed by atoms with van der Waals surface area (Å²) < 4.78 is 17.9. The van der Waals surface area contributed by atoms with Crippen LogP contribution in [0.5, 0.6) is 0 Å². The first-order chi connectivity index (χ1) is 15.1. The Labute approximate surface area is 183 Å². The highest BCUT2D eigenvalue weighted by atomic mass is 32.1. The molecule has 0 aliphatic heterocycles. The van der Waals surface area contributed by atoms with Crippen LogP contribution in [-0.2, 0) is 4.79 Å². The quantitative estimate of drug-likeness (QED) is 0.629. The third kappa shape index (κ3) is 4.93. The van der Waals surface area contributed by atoms with Gasteiger partial charge in [0.2, 0.25) is 5.91 Å². The van der Waals surface area contributed by atoms with Crippen LogP contribution in [0.15, 0.2) is 54.2 Å². The minimum atomic E-state index is -1.01. The van der Waals surface area contributed by atoms with E-state index in [1.54, 1.807) is 30.6 Å². The molecule has 0 spiro atoms. The first-order valence-electron chi connectivity index (χ1n) is 10.2. The molecule has 1 aliphatic rings. The maximum Gasteiger partial charge on any atom is 0.280 e. The number of benzene rings is 1. The Morgan fingerprint density at radius 1 is 1.13 bits per heavy atom. The monoisotopic (exact) mass is 439 g/mol. The highest BCUT2D eigenvalue weighted by Gasteiger charge is 2.35. The molecule has 9 heteroatoms. The van der Waals surface area contributed by atoms with Gasteiger partial charge in [0.25, 0.3) is 5.91 Å². The lowest BCUT2D eigenvalue weighted by molar-refractivity contribution is -0.123. The van der Waals surface area contributed by atoms with Gasteiger partial charge in [0.05, 0.1) is 0 Å². The van der Waals surface area contributed by atoms with Crippen LogP contribution in [0.1, 0.15) is 54.2 Å². The van der Waals surface area contributed by atoms with Gasteiger partial charge in [0.1, 0.15) is 11.9 Å². The fraction of sp³-hybridized carbons (Fsp3) is 0.318. The maximum atomic E-state index is 14.1. The molecule has 1 atom stereocenters. The van der Waals surface area contributed by atoms with Crippen LogP contribution >= 0.6 is 11.5 Å². The number of anilines is 1. The van der Waals surface area contributed by atoms with Crippen molar-refractivity contribution in [3.8, 4) is 0 Å². The summed E-state index contributed by atoms with van der Waals surface area (Å²) >= 11 is 1.03. The second-order valence-electron chi connectivity index (χ2n) is 7.47. The number of nitrogens with zero attached hydrogens (tertiary/aromatic N) is 4. The molecule has 1 aliphatic carbocycles. The number of halogens is 1. The smallest absolute Gasteiger partial charge is 0.280 e. The zero-order valence-electron chi connectivity index (χ0n) is 16.8. The molecule has 1 saturated carbocycles. The van der Waals surface area contributed by atoms with E-state index in [9.17, 15) is 14.0 Å². The lowest BCUT2D eigenvalue weighted by Crippen LogP contribution is -2.47. The minimum Gasteiger partial charge on any atom is -0.351 e. The molecule has 0 saturated heterocycles. The molecular weight excluding hydrogens is 417 g/mol. The van der Waals surface area contributed by atoms with E-state index in [0.29, 0.717) is 5.56 Å². The number of carbonyl (C=O) groups excluding carboxylic acids is 2. The standard InChI is InChI=1S/C22H22FN5O2S/c23-16-5-4-8-18(13-16)28(22(30)19-14-31-27-26-19)20(15-9-11-24-12-10-15)21(29)25-17-6-2-1-3-7-17/h4-5,8-14,17,20H,1-3,6-7H2,(H,25,29)/t20-/m1/s1. The molecule has 4 rings (SSSR count). The zero-order chi connectivity index (χ0) is 21.6. The summed E-state index contributed by atoms with van der Waals surface area (Å²) in [6.07, 6.45) is 8.20. The molecular formula is C22H22FN5O2S. The van der Waals surface area contributed by atoms with Crippen molar-refractivity contribution in [3.63, 3.8) is 0 Å². The first-order valence-corrected chi connectivity index (χ1v) is 11.0.